The molecule has 0 radical (unpaired) electrons. The zero-order valence-electron chi connectivity index (χ0n) is 16.5. The van der Waals surface area contributed by atoms with E-state index in [1.807, 2.05) is 30.3 Å². The molecule has 4 rings (SSSR count). The Bertz CT molecular complexity index is 1060. The molecule has 1 atom stereocenters. The Labute approximate surface area is 175 Å². The van der Waals surface area contributed by atoms with Gasteiger partial charge >= 0.3 is 0 Å². The van der Waals surface area contributed by atoms with Crippen LogP contribution in [0.3, 0.4) is 0 Å². The maximum Gasteiger partial charge on any atom is 0.241 e. The number of nitrogens with one attached hydrogen (secondary N) is 1. The molecule has 1 unspecified atom stereocenters. The summed E-state index contributed by atoms with van der Waals surface area (Å²) in [5, 5.41) is 21.4. The molecule has 7 nitrogen and oxygen atoms in total. The van der Waals surface area contributed by atoms with Gasteiger partial charge in [-0.3, -0.25) is 4.79 Å². The predicted octanol–water partition coefficient (Wildman–Crippen LogP) is 2.18. The highest BCUT2D eigenvalue weighted by Gasteiger charge is 2.36. The molecule has 0 saturated carbocycles. The molecule has 0 aromatic heterocycles. The number of nitriles is 2. The van der Waals surface area contributed by atoms with E-state index >= 15 is 0 Å². The second-order valence-corrected chi connectivity index (χ2v) is 7.73. The largest absolute Gasteiger partial charge is 0.488 e. The van der Waals surface area contributed by atoms with Crippen LogP contribution in [0.15, 0.2) is 36.4 Å². The number of ether oxygens (including phenoxy) is 2. The monoisotopic (exact) mass is 402 g/mol. The number of fused-ring (bicyclic) bond motifs is 3. The van der Waals surface area contributed by atoms with Crippen LogP contribution in [0.4, 0.5) is 0 Å². The van der Waals surface area contributed by atoms with E-state index in [-0.39, 0.29) is 5.91 Å². The van der Waals surface area contributed by atoms with E-state index in [9.17, 15) is 10.1 Å². The minimum absolute atomic E-state index is 0.311. The zero-order valence-corrected chi connectivity index (χ0v) is 16.5. The van der Waals surface area contributed by atoms with Crippen LogP contribution in [0.25, 0.3) is 11.1 Å². The quantitative estimate of drug-likeness (QED) is 0.808. The first-order chi connectivity index (χ1) is 14.5. The molecule has 2 heterocycles. The van der Waals surface area contributed by atoms with E-state index in [0.717, 1.165) is 28.0 Å². The molecule has 7 heteroatoms. The van der Waals surface area contributed by atoms with Crippen LogP contribution in [-0.4, -0.2) is 30.7 Å². The molecule has 0 spiro atoms. The smallest absolute Gasteiger partial charge is 0.241 e. The normalized spacial score (nSPS) is 17.3. The molecule has 2 aliphatic heterocycles. The lowest BCUT2D eigenvalue weighted by atomic mass is 9.89. The molecule has 152 valence electrons. The first-order valence-corrected chi connectivity index (χ1v) is 9.89. The summed E-state index contributed by atoms with van der Waals surface area (Å²) in [5.74, 6) is 0.418. The molecule has 30 heavy (non-hydrogen) atoms. The van der Waals surface area contributed by atoms with Crippen LogP contribution in [0.5, 0.6) is 5.75 Å². The van der Waals surface area contributed by atoms with Crippen molar-refractivity contribution in [1.29, 1.82) is 10.5 Å². The number of carbonyl (C=O) groups excluding carboxylic acids is 1. The van der Waals surface area contributed by atoms with Crippen LogP contribution < -0.4 is 15.8 Å². The summed E-state index contributed by atoms with van der Waals surface area (Å²) in [7, 11) is 0. The summed E-state index contributed by atoms with van der Waals surface area (Å²) in [6, 6.07) is 15.0. The van der Waals surface area contributed by atoms with Crippen molar-refractivity contribution < 1.29 is 14.3 Å². The lowest BCUT2D eigenvalue weighted by Crippen LogP contribution is -2.58. The number of nitrogens with zero attached hydrogens (tertiary/aromatic N) is 2. The molecular weight excluding hydrogens is 380 g/mol. The van der Waals surface area contributed by atoms with E-state index in [1.54, 1.807) is 6.07 Å². The number of hydrogen-bond acceptors (Lipinski definition) is 6. The molecule has 0 aliphatic carbocycles. The standard InChI is InChI=1S/C23H22N4O3/c24-12-16-2-3-19-17(9-16)14-30-21-11-15(1-4-20(19)21)10-18(13-25)27-22(28)23(26)5-7-29-8-6-23/h1-4,9,11,18H,5-8,10,14,26H2,(H,27,28). The van der Waals surface area contributed by atoms with E-state index < -0.39 is 11.6 Å². The van der Waals surface area contributed by atoms with Gasteiger partial charge in [-0.15, -0.1) is 0 Å². The second kappa shape index (κ2) is 8.16. The topological polar surface area (TPSA) is 121 Å². The third-order valence-electron chi connectivity index (χ3n) is 5.69. The molecular formula is C23H22N4O3. The van der Waals surface area contributed by atoms with Gasteiger partial charge in [0.25, 0.3) is 0 Å². The van der Waals surface area contributed by atoms with Crippen molar-refractivity contribution >= 4 is 5.91 Å². The summed E-state index contributed by atoms with van der Waals surface area (Å²) in [5.41, 5.74) is 9.68. The molecule has 1 amide bonds. The Morgan fingerprint density at radius 3 is 2.67 bits per heavy atom. The van der Waals surface area contributed by atoms with Crippen LogP contribution in [-0.2, 0) is 22.6 Å². The highest BCUT2D eigenvalue weighted by Crippen LogP contribution is 2.38. The van der Waals surface area contributed by atoms with Gasteiger partial charge in [-0.05, 0) is 47.7 Å². The number of nitrogens with two attached hydrogens (primary N) is 1. The molecule has 0 bridgehead atoms. The highest BCUT2D eigenvalue weighted by molar-refractivity contribution is 5.86. The number of amides is 1. The van der Waals surface area contributed by atoms with E-state index in [0.29, 0.717) is 44.6 Å². The number of hydrogen-bond donors (Lipinski definition) is 2. The minimum Gasteiger partial charge on any atom is -0.488 e. The van der Waals surface area contributed by atoms with E-state index in [1.165, 1.54) is 0 Å². The van der Waals surface area contributed by atoms with Gasteiger partial charge in [0.1, 0.15) is 18.4 Å². The van der Waals surface area contributed by atoms with Gasteiger partial charge in [0.15, 0.2) is 0 Å². The van der Waals surface area contributed by atoms with Gasteiger partial charge in [0.05, 0.1) is 23.2 Å². The van der Waals surface area contributed by atoms with Crippen molar-refractivity contribution in [3.05, 3.63) is 53.1 Å². The van der Waals surface area contributed by atoms with Gasteiger partial charge in [0, 0.05) is 25.2 Å². The van der Waals surface area contributed by atoms with Crippen molar-refractivity contribution in [3.8, 4) is 29.0 Å². The SMILES string of the molecule is N#Cc1ccc2c(c1)COc1cc(CC(C#N)NC(=O)C3(N)CCOCC3)ccc1-2. The van der Waals surface area contributed by atoms with Crippen molar-refractivity contribution in [1.82, 2.24) is 5.32 Å². The van der Waals surface area contributed by atoms with Crippen molar-refractivity contribution in [2.24, 2.45) is 5.73 Å². The Hall–Kier alpha value is -3.39. The fourth-order valence-electron chi connectivity index (χ4n) is 3.87. The highest BCUT2D eigenvalue weighted by atomic mass is 16.5. The summed E-state index contributed by atoms with van der Waals surface area (Å²) in [6.07, 6.45) is 1.23. The average Bonchev–Trinajstić information content (AvgIpc) is 2.78. The first-order valence-electron chi connectivity index (χ1n) is 9.89. The maximum atomic E-state index is 12.6. The predicted molar refractivity (Wildman–Crippen MR) is 109 cm³/mol. The summed E-state index contributed by atoms with van der Waals surface area (Å²) in [4.78, 5) is 12.6. The summed E-state index contributed by atoms with van der Waals surface area (Å²) < 4.78 is 11.2. The Kier molecular flexibility index (Phi) is 5.41. The third-order valence-corrected chi connectivity index (χ3v) is 5.69. The summed E-state index contributed by atoms with van der Waals surface area (Å²) >= 11 is 0. The first kappa shape index (κ1) is 19.9. The van der Waals surface area contributed by atoms with E-state index in [2.05, 4.69) is 17.5 Å². The van der Waals surface area contributed by atoms with Crippen LogP contribution in [0.2, 0.25) is 0 Å². The fourth-order valence-corrected chi connectivity index (χ4v) is 3.87. The fraction of sp³-hybridized carbons (Fsp3) is 0.348. The Balaban J connectivity index is 1.49. The van der Waals surface area contributed by atoms with Gasteiger partial charge in [0.2, 0.25) is 5.91 Å². The molecule has 3 N–H and O–H groups in total. The van der Waals surface area contributed by atoms with Gasteiger partial charge in [-0.25, -0.2) is 0 Å². The number of rotatable bonds is 4. The second-order valence-electron chi connectivity index (χ2n) is 7.73. The van der Waals surface area contributed by atoms with Gasteiger partial charge < -0.3 is 20.5 Å². The Morgan fingerprint density at radius 1 is 1.17 bits per heavy atom. The van der Waals surface area contributed by atoms with Crippen molar-refractivity contribution in [3.63, 3.8) is 0 Å². The third kappa shape index (κ3) is 3.86. The molecule has 2 aromatic carbocycles. The van der Waals surface area contributed by atoms with Crippen LogP contribution in [0.1, 0.15) is 29.5 Å². The van der Waals surface area contributed by atoms with Gasteiger partial charge in [-0.1, -0.05) is 18.2 Å². The number of benzene rings is 2. The average molecular weight is 402 g/mol. The van der Waals surface area contributed by atoms with Crippen molar-refractivity contribution in [2.45, 2.75) is 37.5 Å². The lowest BCUT2D eigenvalue weighted by molar-refractivity contribution is -0.130. The van der Waals surface area contributed by atoms with Crippen LogP contribution in [0, 0.1) is 22.7 Å². The molecule has 1 saturated heterocycles. The Morgan fingerprint density at radius 2 is 1.93 bits per heavy atom. The number of carbonyl (C=O) groups is 1. The molecule has 1 fully saturated rings. The minimum atomic E-state index is -0.988. The molecule has 2 aromatic rings. The van der Waals surface area contributed by atoms with Crippen molar-refractivity contribution in [2.75, 3.05) is 13.2 Å². The van der Waals surface area contributed by atoms with Crippen LogP contribution >= 0.6 is 0 Å². The van der Waals surface area contributed by atoms with E-state index in [4.69, 9.17) is 20.5 Å². The zero-order chi connectivity index (χ0) is 21.1. The lowest BCUT2D eigenvalue weighted by Gasteiger charge is -2.32. The maximum absolute atomic E-state index is 12.6. The molecule has 2 aliphatic rings. The van der Waals surface area contributed by atoms with Gasteiger partial charge in [-0.2, -0.15) is 10.5 Å². The summed E-state index contributed by atoms with van der Waals surface area (Å²) in [6.45, 7) is 1.28.